The Bertz CT molecular complexity index is 1070. The fourth-order valence-corrected chi connectivity index (χ4v) is 3.73. The zero-order chi connectivity index (χ0) is 27.9. The van der Waals surface area contributed by atoms with E-state index in [1.165, 1.54) is 6.07 Å². The van der Waals surface area contributed by atoms with Gasteiger partial charge in [0, 0.05) is 45.4 Å². The first-order valence-electron chi connectivity index (χ1n) is 10.7. The fraction of sp³-hybridized carbons (Fsp3) is 0.500. The molecule has 0 aliphatic carbocycles. The van der Waals surface area contributed by atoms with Gasteiger partial charge in [0.2, 0.25) is 0 Å². The Morgan fingerprint density at radius 3 is 1.97 bits per heavy atom. The standard InChI is InChI=1S/C22H25NO14/c1-10(24)32-9-17-19(34-11(2)25)21(36-13(4)27)20(35-12(3)26)18(37-17)16-6-5-15(23(30)31)7-14(16)8-33-22(28)29/h5-7,17-21H,8-9H2,1-4H3,(H,28,29)/t17-,18-,19+,20+,21+/m1/s1. The van der Waals surface area contributed by atoms with Crippen molar-refractivity contribution in [1.82, 2.24) is 0 Å². The van der Waals surface area contributed by atoms with Crippen molar-refractivity contribution in [2.24, 2.45) is 0 Å². The largest absolute Gasteiger partial charge is 0.506 e. The monoisotopic (exact) mass is 527 g/mol. The van der Waals surface area contributed by atoms with E-state index < -0.39 is 84.4 Å². The summed E-state index contributed by atoms with van der Waals surface area (Å²) in [7, 11) is 0. The molecule has 15 nitrogen and oxygen atoms in total. The van der Waals surface area contributed by atoms with Crippen LogP contribution in [0, 0.1) is 10.1 Å². The summed E-state index contributed by atoms with van der Waals surface area (Å²) in [6.07, 6.45) is -8.67. The summed E-state index contributed by atoms with van der Waals surface area (Å²) in [4.78, 5) is 68.9. The lowest BCUT2D eigenvalue weighted by Gasteiger charge is -2.45. The molecule has 1 fully saturated rings. The van der Waals surface area contributed by atoms with E-state index in [4.69, 9.17) is 28.8 Å². The molecule has 1 heterocycles. The van der Waals surface area contributed by atoms with Crippen LogP contribution in [-0.4, -0.2) is 71.1 Å². The molecule has 2 rings (SSSR count). The van der Waals surface area contributed by atoms with Crippen molar-refractivity contribution in [3.8, 4) is 0 Å². The Morgan fingerprint density at radius 2 is 1.46 bits per heavy atom. The number of carbonyl (C=O) groups is 5. The van der Waals surface area contributed by atoms with E-state index in [0.717, 1.165) is 39.8 Å². The van der Waals surface area contributed by atoms with Crippen molar-refractivity contribution >= 4 is 35.7 Å². The summed E-state index contributed by atoms with van der Waals surface area (Å²) >= 11 is 0. The molecule has 0 spiro atoms. The number of nitro groups is 1. The highest BCUT2D eigenvalue weighted by atomic mass is 16.7. The Kier molecular flexibility index (Phi) is 9.88. The maximum Gasteiger partial charge on any atom is 0.506 e. The van der Waals surface area contributed by atoms with Crippen molar-refractivity contribution in [2.75, 3.05) is 6.61 Å². The van der Waals surface area contributed by atoms with Crippen LogP contribution in [-0.2, 0) is 54.2 Å². The smallest absolute Gasteiger partial charge is 0.463 e. The Morgan fingerprint density at radius 1 is 0.892 bits per heavy atom. The van der Waals surface area contributed by atoms with Crippen LogP contribution < -0.4 is 0 Å². The molecule has 0 unspecified atom stereocenters. The summed E-state index contributed by atoms with van der Waals surface area (Å²) in [5.74, 6) is -3.21. The van der Waals surface area contributed by atoms with E-state index in [1.54, 1.807) is 0 Å². The summed E-state index contributed by atoms with van der Waals surface area (Å²) in [6, 6.07) is 3.35. The summed E-state index contributed by atoms with van der Waals surface area (Å²) in [6.45, 7) is 3.15. The first-order valence-corrected chi connectivity index (χ1v) is 10.7. The second kappa shape index (κ2) is 12.6. The van der Waals surface area contributed by atoms with Crippen molar-refractivity contribution < 1.29 is 62.4 Å². The van der Waals surface area contributed by atoms with Crippen LogP contribution in [0.15, 0.2) is 18.2 Å². The molecule has 1 saturated heterocycles. The molecular formula is C22H25NO14. The number of nitro benzene ring substituents is 1. The van der Waals surface area contributed by atoms with Crippen LogP contribution >= 0.6 is 0 Å². The molecule has 1 aliphatic heterocycles. The van der Waals surface area contributed by atoms with Crippen LogP contribution in [0.2, 0.25) is 0 Å². The maximum absolute atomic E-state index is 12.0. The molecular weight excluding hydrogens is 502 g/mol. The first kappa shape index (κ1) is 29.0. The van der Waals surface area contributed by atoms with Crippen molar-refractivity contribution in [2.45, 2.75) is 64.8 Å². The molecule has 5 atom stereocenters. The number of non-ortho nitro benzene ring substituents is 1. The molecule has 1 aromatic carbocycles. The molecule has 0 aromatic heterocycles. The number of rotatable bonds is 9. The predicted molar refractivity (Wildman–Crippen MR) is 117 cm³/mol. The number of carbonyl (C=O) groups excluding carboxylic acids is 4. The number of esters is 4. The molecule has 15 heteroatoms. The quantitative estimate of drug-likeness (QED) is 0.210. The highest BCUT2D eigenvalue weighted by molar-refractivity contribution is 5.69. The van der Waals surface area contributed by atoms with E-state index in [-0.39, 0.29) is 11.1 Å². The first-order chi connectivity index (χ1) is 17.3. The van der Waals surface area contributed by atoms with Gasteiger partial charge in [-0.3, -0.25) is 29.3 Å². The number of benzene rings is 1. The van der Waals surface area contributed by atoms with Gasteiger partial charge in [-0.25, -0.2) is 4.79 Å². The number of hydrogen-bond donors (Lipinski definition) is 1. The average molecular weight is 527 g/mol. The lowest BCUT2D eigenvalue weighted by Crippen LogP contribution is -2.59. The fourth-order valence-electron chi connectivity index (χ4n) is 3.73. The van der Waals surface area contributed by atoms with Gasteiger partial charge in [0.15, 0.2) is 18.3 Å². The molecule has 1 N–H and O–H groups in total. The van der Waals surface area contributed by atoms with E-state index in [0.29, 0.717) is 0 Å². The van der Waals surface area contributed by atoms with Gasteiger partial charge in [-0.05, 0) is 11.6 Å². The number of hydrogen-bond acceptors (Lipinski definition) is 13. The topological polar surface area (TPSA) is 204 Å². The second-order valence-electron chi connectivity index (χ2n) is 7.81. The maximum atomic E-state index is 12.0. The zero-order valence-electron chi connectivity index (χ0n) is 20.2. The van der Waals surface area contributed by atoms with Crippen molar-refractivity contribution in [1.29, 1.82) is 0 Å². The highest BCUT2D eigenvalue weighted by Gasteiger charge is 2.53. The van der Waals surface area contributed by atoms with E-state index in [2.05, 4.69) is 4.74 Å². The van der Waals surface area contributed by atoms with Gasteiger partial charge in [0.25, 0.3) is 5.69 Å². The van der Waals surface area contributed by atoms with E-state index in [9.17, 15) is 34.1 Å². The molecule has 0 bridgehead atoms. The zero-order valence-corrected chi connectivity index (χ0v) is 20.2. The molecule has 0 radical (unpaired) electrons. The number of ether oxygens (including phenoxy) is 6. The van der Waals surface area contributed by atoms with Crippen LogP contribution in [0.25, 0.3) is 0 Å². The minimum absolute atomic E-state index is 0.0301. The number of nitrogens with zero attached hydrogens (tertiary/aromatic N) is 1. The number of carboxylic acid groups (broad SMARTS) is 1. The van der Waals surface area contributed by atoms with Gasteiger partial charge < -0.3 is 33.5 Å². The van der Waals surface area contributed by atoms with Crippen LogP contribution in [0.4, 0.5) is 10.5 Å². The highest BCUT2D eigenvalue weighted by Crippen LogP contribution is 2.39. The van der Waals surface area contributed by atoms with E-state index >= 15 is 0 Å². The summed E-state index contributed by atoms with van der Waals surface area (Å²) in [5, 5.41) is 20.2. The Labute approximate surface area is 209 Å². The van der Waals surface area contributed by atoms with E-state index in [1.807, 2.05) is 0 Å². The molecule has 1 aliphatic rings. The lowest BCUT2D eigenvalue weighted by atomic mass is 9.88. The van der Waals surface area contributed by atoms with Gasteiger partial charge >= 0.3 is 30.0 Å². The third-order valence-corrected chi connectivity index (χ3v) is 4.99. The van der Waals surface area contributed by atoms with Gasteiger partial charge in [0.05, 0.1) is 4.92 Å². The molecule has 1 aromatic rings. The minimum Gasteiger partial charge on any atom is -0.463 e. The van der Waals surface area contributed by atoms with Gasteiger partial charge in [-0.1, -0.05) is 0 Å². The normalized spacial score (nSPS) is 22.8. The second-order valence-corrected chi connectivity index (χ2v) is 7.81. The SMILES string of the molecule is CC(=O)OC[C@H]1O[C@H](c2ccc([N+](=O)[O-])cc2COC(=O)O)[C@H](OC(C)=O)[C@@H](OC(C)=O)[C@H]1OC(C)=O. The summed E-state index contributed by atoms with van der Waals surface area (Å²) in [5.41, 5.74) is -0.361. The third-order valence-electron chi connectivity index (χ3n) is 4.99. The molecule has 0 saturated carbocycles. The van der Waals surface area contributed by atoms with Gasteiger partial charge in [0.1, 0.15) is 25.4 Å². The van der Waals surface area contributed by atoms with Crippen molar-refractivity contribution in [3.63, 3.8) is 0 Å². The Balaban J connectivity index is 2.69. The molecule has 202 valence electrons. The van der Waals surface area contributed by atoms with Crippen LogP contribution in [0.3, 0.4) is 0 Å². The average Bonchev–Trinajstić information content (AvgIpc) is 2.78. The minimum atomic E-state index is -1.67. The summed E-state index contributed by atoms with van der Waals surface area (Å²) < 4.78 is 31.6. The Hall–Kier alpha value is -4.27. The van der Waals surface area contributed by atoms with Crippen molar-refractivity contribution in [3.05, 3.63) is 39.4 Å². The molecule has 37 heavy (non-hydrogen) atoms. The van der Waals surface area contributed by atoms with Crippen LogP contribution in [0.1, 0.15) is 44.9 Å². The van der Waals surface area contributed by atoms with Gasteiger partial charge in [-0.15, -0.1) is 0 Å². The molecule has 0 amide bonds. The third kappa shape index (κ3) is 8.13. The lowest BCUT2D eigenvalue weighted by molar-refractivity contribution is -0.385. The predicted octanol–water partition coefficient (Wildman–Crippen LogP) is 1.59. The van der Waals surface area contributed by atoms with Crippen LogP contribution in [0.5, 0.6) is 0 Å². The van der Waals surface area contributed by atoms with Gasteiger partial charge in [-0.2, -0.15) is 0 Å².